The lowest BCUT2D eigenvalue weighted by molar-refractivity contribution is 0.0903. The summed E-state index contributed by atoms with van der Waals surface area (Å²) in [6.45, 7) is 0.0882. The molecule has 21 heavy (non-hydrogen) atoms. The van der Waals surface area contributed by atoms with Crippen LogP contribution in [0.15, 0.2) is 52.3 Å². The topological polar surface area (TPSA) is 104 Å². The van der Waals surface area contributed by atoms with Crippen LogP contribution in [0.1, 0.15) is 10.4 Å². The van der Waals surface area contributed by atoms with Crippen molar-refractivity contribution in [3.63, 3.8) is 0 Å². The van der Waals surface area contributed by atoms with Crippen LogP contribution in [0.2, 0.25) is 0 Å². The second-order valence-electron chi connectivity index (χ2n) is 4.50. The van der Waals surface area contributed by atoms with Gasteiger partial charge in [-0.1, -0.05) is 6.07 Å². The smallest absolute Gasteiger partial charge is 0.252 e. The van der Waals surface area contributed by atoms with Gasteiger partial charge in [-0.05, 0) is 12.1 Å². The zero-order valence-corrected chi connectivity index (χ0v) is 11.2. The summed E-state index contributed by atoms with van der Waals surface area (Å²) >= 11 is 0. The Balaban J connectivity index is 1.89. The number of H-pyrrole nitrogens is 1. The van der Waals surface area contributed by atoms with Gasteiger partial charge in [-0.25, -0.2) is 0 Å². The van der Waals surface area contributed by atoms with Gasteiger partial charge in [0.15, 0.2) is 0 Å². The van der Waals surface area contributed by atoms with E-state index in [1.807, 2.05) is 0 Å². The van der Waals surface area contributed by atoms with Crippen molar-refractivity contribution in [1.29, 1.82) is 0 Å². The van der Waals surface area contributed by atoms with E-state index < -0.39 is 12.0 Å². The third-order valence-corrected chi connectivity index (χ3v) is 2.85. The van der Waals surface area contributed by atoms with Gasteiger partial charge in [0.05, 0.1) is 18.2 Å². The van der Waals surface area contributed by atoms with Crippen molar-refractivity contribution in [2.24, 2.45) is 0 Å². The molecular formula is C14H15N3O4. The van der Waals surface area contributed by atoms with Gasteiger partial charge < -0.3 is 20.0 Å². The largest absolute Gasteiger partial charge is 0.389 e. The van der Waals surface area contributed by atoms with E-state index >= 15 is 0 Å². The molecule has 0 spiro atoms. The number of nitrogens with one attached hydrogen (secondary N) is 2. The van der Waals surface area contributed by atoms with Gasteiger partial charge in [-0.15, -0.1) is 0 Å². The minimum absolute atomic E-state index is 0.000700. The number of amides is 1. The normalized spacial score (nSPS) is 11.9. The van der Waals surface area contributed by atoms with Gasteiger partial charge in [0.2, 0.25) is 5.56 Å². The van der Waals surface area contributed by atoms with Crippen molar-refractivity contribution in [3.8, 4) is 0 Å². The number of aromatic nitrogens is 2. The van der Waals surface area contributed by atoms with Crippen molar-refractivity contribution in [2.75, 3.05) is 6.54 Å². The fourth-order valence-corrected chi connectivity index (χ4v) is 1.77. The molecule has 2 aromatic rings. The highest BCUT2D eigenvalue weighted by atomic mass is 16.3. The molecule has 0 aliphatic rings. The molecule has 0 unspecified atom stereocenters. The number of rotatable bonds is 5. The highest BCUT2D eigenvalue weighted by molar-refractivity contribution is 5.93. The zero-order valence-electron chi connectivity index (χ0n) is 11.2. The maximum absolute atomic E-state index is 11.8. The molecule has 0 aliphatic carbocycles. The monoisotopic (exact) mass is 289 g/mol. The number of carbonyl (C=O) groups is 1. The summed E-state index contributed by atoms with van der Waals surface area (Å²) in [6, 6.07) is 7.33. The Morgan fingerprint density at radius 3 is 2.76 bits per heavy atom. The summed E-state index contributed by atoms with van der Waals surface area (Å²) < 4.78 is 1.36. The Morgan fingerprint density at radius 1 is 1.29 bits per heavy atom. The molecule has 0 bridgehead atoms. The molecule has 0 radical (unpaired) electrons. The molecule has 1 atom stereocenters. The molecule has 0 fully saturated rings. The molecule has 2 aromatic heterocycles. The van der Waals surface area contributed by atoms with Crippen molar-refractivity contribution >= 4 is 5.91 Å². The molecule has 3 N–H and O–H groups in total. The van der Waals surface area contributed by atoms with Gasteiger partial charge in [-0.2, -0.15) is 0 Å². The second kappa shape index (κ2) is 6.67. The van der Waals surface area contributed by atoms with Crippen molar-refractivity contribution in [1.82, 2.24) is 14.9 Å². The van der Waals surface area contributed by atoms with E-state index in [0.717, 1.165) is 0 Å². The van der Waals surface area contributed by atoms with Crippen LogP contribution in [-0.4, -0.2) is 33.2 Å². The summed E-state index contributed by atoms with van der Waals surface area (Å²) in [6.07, 6.45) is 1.97. The molecule has 2 rings (SSSR count). The van der Waals surface area contributed by atoms with E-state index in [4.69, 9.17) is 0 Å². The third kappa shape index (κ3) is 4.15. The Labute approximate surface area is 119 Å². The van der Waals surface area contributed by atoms with Crippen molar-refractivity contribution in [2.45, 2.75) is 12.6 Å². The maximum atomic E-state index is 11.8. The average molecular weight is 289 g/mol. The number of carbonyl (C=O) groups excluding carboxylic acids is 1. The van der Waals surface area contributed by atoms with Gasteiger partial charge in [0, 0.05) is 31.1 Å². The third-order valence-electron chi connectivity index (χ3n) is 2.85. The highest BCUT2D eigenvalue weighted by Crippen LogP contribution is 1.94. The first-order chi connectivity index (χ1) is 10.1. The lowest BCUT2D eigenvalue weighted by Crippen LogP contribution is -2.36. The van der Waals surface area contributed by atoms with Gasteiger partial charge in [0.25, 0.3) is 11.5 Å². The zero-order chi connectivity index (χ0) is 15.2. The summed E-state index contributed by atoms with van der Waals surface area (Å²) in [5.41, 5.74) is -0.225. The van der Waals surface area contributed by atoms with Crippen molar-refractivity contribution < 1.29 is 9.90 Å². The SMILES string of the molecule is O=C(NC[C@@H](O)Cn1ccccc1=O)c1ccc(=O)[nH]c1. The lowest BCUT2D eigenvalue weighted by Gasteiger charge is -2.13. The van der Waals surface area contributed by atoms with E-state index in [0.29, 0.717) is 5.56 Å². The Bertz CT molecular complexity index is 715. The summed E-state index contributed by atoms with van der Waals surface area (Å²) in [7, 11) is 0. The Kier molecular flexibility index (Phi) is 4.68. The quantitative estimate of drug-likeness (QED) is 0.679. The van der Waals surface area contributed by atoms with E-state index in [-0.39, 0.29) is 24.2 Å². The summed E-state index contributed by atoms with van der Waals surface area (Å²) in [5, 5.41) is 12.4. The molecule has 0 saturated heterocycles. The van der Waals surface area contributed by atoms with E-state index in [9.17, 15) is 19.5 Å². The molecule has 110 valence electrons. The van der Waals surface area contributed by atoms with Crippen LogP contribution >= 0.6 is 0 Å². The predicted octanol–water partition coefficient (Wildman–Crippen LogP) is -0.673. The summed E-state index contributed by atoms with van der Waals surface area (Å²) in [5.74, 6) is -0.411. The van der Waals surface area contributed by atoms with Crippen LogP contribution in [0.4, 0.5) is 0 Å². The van der Waals surface area contributed by atoms with Crippen LogP contribution in [0.3, 0.4) is 0 Å². The molecule has 0 aliphatic heterocycles. The van der Waals surface area contributed by atoms with Gasteiger partial charge in [0.1, 0.15) is 0 Å². The number of hydrogen-bond donors (Lipinski definition) is 3. The van der Waals surface area contributed by atoms with Crippen molar-refractivity contribution in [3.05, 3.63) is 69.0 Å². The highest BCUT2D eigenvalue weighted by Gasteiger charge is 2.10. The van der Waals surface area contributed by atoms with Crippen LogP contribution in [0, 0.1) is 0 Å². The maximum Gasteiger partial charge on any atom is 0.252 e. The average Bonchev–Trinajstić information content (AvgIpc) is 2.48. The minimum atomic E-state index is -0.892. The first-order valence-corrected chi connectivity index (χ1v) is 6.37. The lowest BCUT2D eigenvalue weighted by atomic mass is 10.2. The van der Waals surface area contributed by atoms with E-state index in [2.05, 4.69) is 10.3 Å². The molecule has 1 amide bonds. The predicted molar refractivity (Wildman–Crippen MR) is 76.1 cm³/mol. The summed E-state index contributed by atoms with van der Waals surface area (Å²) in [4.78, 5) is 36.5. The van der Waals surface area contributed by atoms with Gasteiger partial charge in [-0.3, -0.25) is 14.4 Å². The second-order valence-corrected chi connectivity index (χ2v) is 4.50. The molecule has 2 heterocycles. The van der Waals surface area contributed by atoms with Crippen LogP contribution in [-0.2, 0) is 6.54 Å². The number of aliphatic hydroxyl groups is 1. The molecule has 7 nitrogen and oxygen atoms in total. The number of pyridine rings is 2. The number of nitrogens with zero attached hydrogens (tertiary/aromatic N) is 1. The van der Waals surface area contributed by atoms with Crippen LogP contribution in [0.25, 0.3) is 0 Å². The molecule has 7 heteroatoms. The molecule has 0 aromatic carbocycles. The first kappa shape index (κ1) is 14.7. The Morgan fingerprint density at radius 2 is 2.10 bits per heavy atom. The fourth-order valence-electron chi connectivity index (χ4n) is 1.77. The molecular weight excluding hydrogens is 274 g/mol. The minimum Gasteiger partial charge on any atom is -0.389 e. The number of hydrogen-bond acceptors (Lipinski definition) is 4. The number of aromatic amines is 1. The molecule has 0 saturated carbocycles. The fraction of sp³-hybridized carbons (Fsp3) is 0.214. The van der Waals surface area contributed by atoms with E-state index in [1.54, 1.807) is 18.3 Å². The van der Waals surface area contributed by atoms with Gasteiger partial charge >= 0.3 is 0 Å². The Hall–Kier alpha value is -2.67. The van der Waals surface area contributed by atoms with Crippen LogP contribution in [0.5, 0.6) is 0 Å². The number of aliphatic hydroxyl groups excluding tert-OH is 1. The first-order valence-electron chi connectivity index (χ1n) is 6.37. The standard InChI is InChI=1S/C14H15N3O4/c18-11(9-17-6-2-1-3-13(17)20)8-16-14(21)10-4-5-12(19)15-7-10/h1-7,11,18H,8-9H2,(H,15,19)(H,16,21)/t11-/m1/s1. The van der Waals surface area contributed by atoms with Crippen LogP contribution < -0.4 is 16.4 Å². The van der Waals surface area contributed by atoms with E-state index in [1.165, 1.54) is 29.0 Å².